The van der Waals surface area contributed by atoms with E-state index < -0.39 is 38.8 Å². The van der Waals surface area contributed by atoms with Gasteiger partial charge in [0.05, 0.1) is 28.8 Å². The highest BCUT2D eigenvalue weighted by Gasteiger charge is 2.51. The Hall–Kier alpha value is -2.33. The number of anilines is 1. The predicted octanol–water partition coefficient (Wildman–Crippen LogP) is 3.62. The molecule has 152 valence electrons. The zero-order chi connectivity index (χ0) is 20.8. The summed E-state index contributed by atoms with van der Waals surface area (Å²) in [6, 6.07) is 12.4. The van der Waals surface area contributed by atoms with Crippen molar-refractivity contribution in [3.63, 3.8) is 0 Å². The SMILES string of the molecule is O=C(N=C1SC2CS(=O)(=O)CC2N1c1ccccc1C(F)(F)F)c1ccccc1. The number of rotatable bonds is 2. The highest BCUT2D eigenvalue weighted by Crippen LogP contribution is 2.45. The van der Waals surface area contributed by atoms with Crippen LogP contribution in [0, 0.1) is 0 Å². The van der Waals surface area contributed by atoms with Gasteiger partial charge in [-0.05, 0) is 24.3 Å². The number of aliphatic imine (C=N–C) groups is 1. The first-order chi connectivity index (χ1) is 13.7. The van der Waals surface area contributed by atoms with Crippen molar-refractivity contribution in [2.75, 3.05) is 16.4 Å². The Kier molecular flexibility index (Phi) is 4.94. The van der Waals surface area contributed by atoms with Crippen molar-refractivity contribution in [2.45, 2.75) is 17.5 Å². The van der Waals surface area contributed by atoms with Gasteiger partial charge in [-0.25, -0.2) is 8.42 Å². The summed E-state index contributed by atoms with van der Waals surface area (Å²) < 4.78 is 64.9. The zero-order valence-electron chi connectivity index (χ0n) is 14.8. The van der Waals surface area contributed by atoms with Crippen LogP contribution in [-0.2, 0) is 16.0 Å². The topological polar surface area (TPSA) is 66.8 Å². The lowest BCUT2D eigenvalue weighted by atomic mass is 10.1. The van der Waals surface area contributed by atoms with Gasteiger partial charge in [-0.1, -0.05) is 42.1 Å². The van der Waals surface area contributed by atoms with Crippen molar-refractivity contribution < 1.29 is 26.4 Å². The van der Waals surface area contributed by atoms with Gasteiger partial charge in [-0.15, -0.1) is 0 Å². The van der Waals surface area contributed by atoms with E-state index >= 15 is 0 Å². The zero-order valence-corrected chi connectivity index (χ0v) is 16.5. The maximum Gasteiger partial charge on any atom is 0.418 e. The third-order valence-electron chi connectivity index (χ3n) is 4.75. The molecule has 0 aliphatic carbocycles. The fraction of sp³-hybridized carbons (Fsp3) is 0.263. The average molecular weight is 440 g/mol. The van der Waals surface area contributed by atoms with Gasteiger partial charge in [0.1, 0.15) is 0 Å². The molecule has 0 N–H and O–H groups in total. The number of halogens is 3. The van der Waals surface area contributed by atoms with Gasteiger partial charge in [0.15, 0.2) is 15.0 Å². The van der Waals surface area contributed by atoms with Crippen molar-refractivity contribution in [1.82, 2.24) is 0 Å². The number of amidine groups is 1. The third kappa shape index (κ3) is 3.91. The largest absolute Gasteiger partial charge is 0.418 e. The average Bonchev–Trinajstić information content (AvgIpc) is 3.12. The second kappa shape index (κ2) is 7.17. The summed E-state index contributed by atoms with van der Waals surface area (Å²) in [5.41, 5.74) is -0.795. The van der Waals surface area contributed by atoms with E-state index in [2.05, 4.69) is 4.99 Å². The standard InChI is InChI=1S/C19H15F3N2O3S2/c20-19(21,22)13-8-4-5-9-14(13)24-15-10-29(26,27)11-16(15)28-18(24)23-17(25)12-6-2-1-3-7-12/h1-9,15-16H,10-11H2. The number of hydrogen-bond acceptors (Lipinski definition) is 4. The first kappa shape index (κ1) is 20.0. The smallest absolute Gasteiger partial charge is 0.315 e. The molecule has 0 bridgehead atoms. The Morgan fingerprint density at radius 2 is 1.69 bits per heavy atom. The Bertz CT molecular complexity index is 1090. The van der Waals surface area contributed by atoms with E-state index in [1.807, 2.05) is 0 Å². The molecular formula is C19H15F3N2O3S2. The molecule has 1 amide bonds. The number of hydrogen-bond donors (Lipinski definition) is 0. The molecule has 0 radical (unpaired) electrons. The lowest BCUT2D eigenvalue weighted by molar-refractivity contribution is -0.137. The normalized spacial score (nSPS) is 24.7. The number of para-hydroxylation sites is 1. The van der Waals surface area contributed by atoms with Crippen LogP contribution in [0.15, 0.2) is 59.6 Å². The molecule has 2 aliphatic rings. The molecule has 2 heterocycles. The quantitative estimate of drug-likeness (QED) is 0.714. The number of sulfone groups is 1. The Morgan fingerprint density at radius 3 is 2.38 bits per heavy atom. The summed E-state index contributed by atoms with van der Waals surface area (Å²) >= 11 is 1.04. The molecule has 5 nitrogen and oxygen atoms in total. The number of alkyl halides is 3. The highest BCUT2D eigenvalue weighted by molar-refractivity contribution is 8.16. The van der Waals surface area contributed by atoms with Gasteiger partial charge < -0.3 is 4.90 Å². The second-order valence-electron chi connectivity index (χ2n) is 6.75. The molecule has 0 aromatic heterocycles. The van der Waals surface area contributed by atoms with Gasteiger partial charge in [0.2, 0.25) is 0 Å². The molecule has 2 saturated heterocycles. The number of thioether (sulfide) groups is 1. The van der Waals surface area contributed by atoms with Crippen LogP contribution in [0.5, 0.6) is 0 Å². The molecule has 2 unspecified atom stereocenters. The summed E-state index contributed by atoms with van der Waals surface area (Å²) in [5.74, 6) is -1.04. The van der Waals surface area contributed by atoms with Crippen LogP contribution < -0.4 is 4.90 Å². The van der Waals surface area contributed by atoms with Crippen LogP contribution >= 0.6 is 11.8 Å². The van der Waals surface area contributed by atoms with E-state index in [-0.39, 0.29) is 22.4 Å². The summed E-state index contributed by atoms with van der Waals surface area (Å²) in [7, 11) is -3.38. The summed E-state index contributed by atoms with van der Waals surface area (Å²) in [5, 5.41) is -0.399. The Balaban J connectivity index is 1.81. The van der Waals surface area contributed by atoms with E-state index in [1.54, 1.807) is 30.3 Å². The number of carbonyl (C=O) groups is 1. The van der Waals surface area contributed by atoms with Crippen LogP contribution in [0.25, 0.3) is 0 Å². The van der Waals surface area contributed by atoms with Gasteiger partial charge in [0.25, 0.3) is 5.91 Å². The van der Waals surface area contributed by atoms with Gasteiger partial charge in [0, 0.05) is 10.8 Å². The number of carbonyl (C=O) groups excluding carboxylic acids is 1. The molecule has 0 saturated carbocycles. The summed E-state index contributed by atoms with van der Waals surface area (Å²) in [6.45, 7) is 0. The van der Waals surface area contributed by atoms with Crippen LogP contribution in [0.1, 0.15) is 15.9 Å². The van der Waals surface area contributed by atoms with Crippen molar-refractivity contribution in [3.05, 3.63) is 65.7 Å². The second-order valence-corrected chi connectivity index (χ2v) is 10.1. The summed E-state index contributed by atoms with van der Waals surface area (Å²) in [6.07, 6.45) is -4.63. The van der Waals surface area contributed by atoms with Crippen LogP contribution in [-0.4, -0.2) is 42.3 Å². The van der Waals surface area contributed by atoms with Crippen LogP contribution in [0.4, 0.5) is 18.9 Å². The van der Waals surface area contributed by atoms with Crippen LogP contribution in [0.3, 0.4) is 0 Å². The fourth-order valence-corrected chi connectivity index (χ4v) is 7.41. The maximum atomic E-state index is 13.6. The molecule has 10 heteroatoms. The lowest BCUT2D eigenvalue weighted by Gasteiger charge is -2.27. The molecule has 4 rings (SSSR count). The van der Waals surface area contributed by atoms with Crippen molar-refractivity contribution in [2.24, 2.45) is 4.99 Å². The molecule has 2 fully saturated rings. The monoisotopic (exact) mass is 440 g/mol. The molecular weight excluding hydrogens is 425 g/mol. The first-order valence-electron chi connectivity index (χ1n) is 8.66. The minimum absolute atomic E-state index is 0.0838. The molecule has 0 spiro atoms. The third-order valence-corrected chi connectivity index (χ3v) is 7.96. The Morgan fingerprint density at radius 1 is 1.03 bits per heavy atom. The Labute approximate surface area is 169 Å². The van der Waals surface area contributed by atoms with E-state index in [1.165, 1.54) is 23.1 Å². The highest BCUT2D eigenvalue weighted by atomic mass is 32.2. The van der Waals surface area contributed by atoms with E-state index in [4.69, 9.17) is 0 Å². The fourth-order valence-electron chi connectivity index (χ4n) is 3.50. The molecule has 2 aliphatic heterocycles. The number of benzene rings is 2. The van der Waals surface area contributed by atoms with Crippen molar-refractivity contribution in [3.8, 4) is 0 Å². The van der Waals surface area contributed by atoms with Gasteiger partial charge in [-0.3, -0.25) is 4.79 Å². The molecule has 2 aromatic carbocycles. The number of nitrogens with zero attached hydrogens (tertiary/aromatic N) is 2. The number of fused-ring (bicyclic) bond motifs is 1. The molecule has 2 atom stereocenters. The van der Waals surface area contributed by atoms with Crippen molar-refractivity contribution in [1.29, 1.82) is 0 Å². The van der Waals surface area contributed by atoms with Crippen molar-refractivity contribution >= 4 is 38.4 Å². The van der Waals surface area contributed by atoms with E-state index in [0.29, 0.717) is 5.56 Å². The molecule has 29 heavy (non-hydrogen) atoms. The molecule has 2 aromatic rings. The minimum Gasteiger partial charge on any atom is -0.315 e. The van der Waals surface area contributed by atoms with Gasteiger partial charge in [-0.2, -0.15) is 18.2 Å². The number of amides is 1. The lowest BCUT2D eigenvalue weighted by Crippen LogP contribution is -2.39. The van der Waals surface area contributed by atoms with Crippen LogP contribution in [0.2, 0.25) is 0 Å². The first-order valence-corrected chi connectivity index (χ1v) is 11.4. The predicted molar refractivity (Wildman–Crippen MR) is 106 cm³/mol. The minimum atomic E-state index is -4.63. The van der Waals surface area contributed by atoms with E-state index in [0.717, 1.165) is 17.8 Å². The summed E-state index contributed by atoms with van der Waals surface area (Å²) in [4.78, 5) is 17.9. The van der Waals surface area contributed by atoms with Gasteiger partial charge >= 0.3 is 6.18 Å². The van der Waals surface area contributed by atoms with E-state index in [9.17, 15) is 26.4 Å². The maximum absolute atomic E-state index is 13.6.